The van der Waals surface area contributed by atoms with Crippen molar-refractivity contribution in [2.45, 2.75) is 32.0 Å². The second-order valence-corrected chi connectivity index (χ2v) is 7.89. The largest absolute Gasteiger partial charge is 0.369 e. The van der Waals surface area contributed by atoms with Gasteiger partial charge >= 0.3 is 0 Å². The van der Waals surface area contributed by atoms with E-state index in [0.29, 0.717) is 0 Å². The van der Waals surface area contributed by atoms with Gasteiger partial charge in [0.1, 0.15) is 5.84 Å². The van der Waals surface area contributed by atoms with Gasteiger partial charge in [-0.15, -0.1) is 0 Å². The number of carbonyl (C=O) groups is 1. The van der Waals surface area contributed by atoms with Crippen molar-refractivity contribution in [3.05, 3.63) is 54.3 Å². The summed E-state index contributed by atoms with van der Waals surface area (Å²) in [7, 11) is 2.17. The number of allylic oxidation sites excluding steroid dienone is 2. The average Bonchev–Trinajstić information content (AvgIpc) is 3.06. The third-order valence-corrected chi connectivity index (χ3v) is 5.92. The maximum atomic E-state index is 12.8. The third-order valence-electron chi connectivity index (χ3n) is 5.92. The summed E-state index contributed by atoms with van der Waals surface area (Å²) < 4.78 is 0. The summed E-state index contributed by atoms with van der Waals surface area (Å²) in [4.78, 5) is 24.3. The van der Waals surface area contributed by atoms with Gasteiger partial charge in [0, 0.05) is 38.1 Å². The second kappa shape index (κ2) is 7.80. The number of hydrogen-bond acceptors (Lipinski definition) is 5. The number of aliphatic imine (C=N–C) groups is 1. The monoisotopic (exact) mass is 379 g/mol. The Hall–Kier alpha value is -2.60. The molecule has 0 aliphatic carbocycles. The first-order valence-corrected chi connectivity index (χ1v) is 10.1. The molecule has 28 heavy (non-hydrogen) atoms. The number of carbonyl (C=O) groups excluding carboxylic acids is 1. The minimum Gasteiger partial charge on any atom is -0.369 e. The van der Waals surface area contributed by atoms with Gasteiger partial charge < -0.3 is 20.0 Å². The highest BCUT2D eigenvalue weighted by Gasteiger charge is 2.36. The average molecular weight is 380 g/mol. The maximum absolute atomic E-state index is 12.8. The van der Waals surface area contributed by atoms with E-state index in [1.165, 1.54) is 5.69 Å². The van der Waals surface area contributed by atoms with Gasteiger partial charge in [0.05, 0.1) is 12.1 Å². The van der Waals surface area contributed by atoms with Gasteiger partial charge in [0.15, 0.2) is 6.04 Å². The normalized spacial score (nSPS) is 25.5. The van der Waals surface area contributed by atoms with E-state index in [9.17, 15) is 4.79 Å². The van der Waals surface area contributed by atoms with Gasteiger partial charge in [-0.3, -0.25) is 9.79 Å². The number of amidine groups is 1. The highest BCUT2D eigenvalue weighted by Crippen LogP contribution is 2.24. The summed E-state index contributed by atoms with van der Waals surface area (Å²) in [5, 5.41) is 3.14. The summed E-state index contributed by atoms with van der Waals surface area (Å²) >= 11 is 0. The fourth-order valence-corrected chi connectivity index (χ4v) is 4.00. The molecule has 0 radical (unpaired) electrons. The van der Waals surface area contributed by atoms with Crippen LogP contribution in [0.5, 0.6) is 0 Å². The first kappa shape index (κ1) is 18.7. The van der Waals surface area contributed by atoms with Gasteiger partial charge in [0.25, 0.3) is 0 Å². The molecule has 4 rings (SSSR count). The lowest BCUT2D eigenvalue weighted by molar-refractivity contribution is -0.123. The Morgan fingerprint density at radius 2 is 1.86 bits per heavy atom. The number of anilines is 1. The first-order valence-electron chi connectivity index (χ1n) is 10.1. The number of rotatable bonds is 4. The molecule has 1 aromatic carbocycles. The van der Waals surface area contributed by atoms with E-state index < -0.39 is 0 Å². The van der Waals surface area contributed by atoms with Gasteiger partial charge in [-0.2, -0.15) is 0 Å². The van der Waals surface area contributed by atoms with Crippen molar-refractivity contribution in [2.75, 3.05) is 38.1 Å². The van der Waals surface area contributed by atoms with E-state index in [0.717, 1.165) is 37.6 Å². The van der Waals surface area contributed by atoms with Crippen molar-refractivity contribution in [1.82, 2.24) is 15.1 Å². The van der Waals surface area contributed by atoms with Crippen LogP contribution in [0.25, 0.3) is 0 Å². The molecule has 1 N–H and O–H groups in total. The van der Waals surface area contributed by atoms with E-state index in [2.05, 4.69) is 56.3 Å². The molecule has 1 saturated heterocycles. The molecule has 0 aromatic heterocycles. The van der Waals surface area contributed by atoms with Crippen molar-refractivity contribution >= 4 is 17.4 Å². The Labute approximate surface area is 167 Å². The quantitative estimate of drug-likeness (QED) is 0.871. The van der Waals surface area contributed by atoms with Crippen molar-refractivity contribution in [1.29, 1.82) is 0 Å². The zero-order chi connectivity index (χ0) is 19.7. The van der Waals surface area contributed by atoms with Gasteiger partial charge in [-0.05, 0) is 50.7 Å². The number of hydrogen-bond donors (Lipinski definition) is 1. The Bertz CT molecular complexity index is 805. The fraction of sp³-hybridized carbons (Fsp3) is 0.455. The highest BCUT2D eigenvalue weighted by atomic mass is 16.2. The van der Waals surface area contributed by atoms with E-state index >= 15 is 0 Å². The molecule has 1 aromatic rings. The summed E-state index contributed by atoms with van der Waals surface area (Å²) in [6, 6.07) is 8.17. The van der Waals surface area contributed by atoms with Crippen LogP contribution in [0, 0.1) is 0 Å². The molecule has 148 valence electrons. The molecule has 0 saturated carbocycles. The minimum atomic E-state index is -0.380. The molecule has 1 fully saturated rings. The molecular formula is C22H29N5O. The predicted octanol–water partition coefficient (Wildman–Crippen LogP) is 2.17. The van der Waals surface area contributed by atoms with E-state index in [4.69, 9.17) is 0 Å². The van der Waals surface area contributed by atoms with Crippen molar-refractivity contribution in [2.24, 2.45) is 4.99 Å². The Morgan fingerprint density at radius 1 is 1.14 bits per heavy atom. The van der Waals surface area contributed by atoms with E-state index in [-0.39, 0.29) is 24.0 Å². The molecule has 6 heteroatoms. The molecule has 2 unspecified atom stereocenters. The van der Waals surface area contributed by atoms with Crippen LogP contribution < -0.4 is 10.2 Å². The Balaban J connectivity index is 1.38. The molecule has 3 heterocycles. The number of nitrogens with one attached hydrogen (secondary N) is 1. The molecule has 3 aliphatic rings. The molecule has 0 bridgehead atoms. The SMILES string of the molecule is CC1C(C(=O)N[C@H](C)c2ccc(N3CCN(C)CC3)cc2)N=C2C=CC=CN21. The summed E-state index contributed by atoms with van der Waals surface area (Å²) in [6.45, 7) is 8.38. The molecule has 3 atom stereocenters. The number of amides is 1. The highest BCUT2D eigenvalue weighted by molar-refractivity contribution is 6.00. The summed E-state index contributed by atoms with van der Waals surface area (Å²) in [6.07, 6.45) is 7.86. The zero-order valence-corrected chi connectivity index (χ0v) is 16.9. The standard InChI is InChI=1S/C22H29N5O/c1-16(18-7-9-19(10-8-18)26-14-12-25(3)13-15-26)23-22(28)21-17(2)27-11-5-4-6-20(27)24-21/h4-11,16-17,21H,12-15H2,1-3H3,(H,23,28)/t16-,17?,21?/m1/s1. The predicted molar refractivity (Wildman–Crippen MR) is 114 cm³/mol. The van der Waals surface area contributed by atoms with Crippen LogP contribution in [0.3, 0.4) is 0 Å². The second-order valence-electron chi connectivity index (χ2n) is 7.89. The first-order chi connectivity index (χ1) is 13.5. The topological polar surface area (TPSA) is 51.2 Å². The fourth-order valence-electron chi connectivity index (χ4n) is 4.00. The number of nitrogens with zero attached hydrogens (tertiary/aromatic N) is 4. The molecular weight excluding hydrogens is 350 g/mol. The number of benzene rings is 1. The van der Waals surface area contributed by atoms with Crippen LogP contribution in [0.2, 0.25) is 0 Å². The lowest BCUT2D eigenvalue weighted by Crippen LogP contribution is -2.44. The number of fused-ring (bicyclic) bond motifs is 1. The smallest absolute Gasteiger partial charge is 0.247 e. The lowest BCUT2D eigenvalue weighted by atomic mass is 10.1. The van der Waals surface area contributed by atoms with Gasteiger partial charge in [-0.1, -0.05) is 18.2 Å². The van der Waals surface area contributed by atoms with Crippen LogP contribution in [-0.4, -0.2) is 66.9 Å². The Kier molecular flexibility index (Phi) is 5.22. The molecule has 0 spiro atoms. The molecule has 1 amide bonds. The Morgan fingerprint density at radius 3 is 2.54 bits per heavy atom. The van der Waals surface area contributed by atoms with Crippen LogP contribution in [0.4, 0.5) is 5.69 Å². The zero-order valence-electron chi connectivity index (χ0n) is 16.9. The van der Waals surface area contributed by atoms with Crippen LogP contribution >= 0.6 is 0 Å². The number of likely N-dealkylation sites (N-methyl/N-ethyl adjacent to an activating group) is 1. The summed E-state index contributed by atoms with van der Waals surface area (Å²) in [5.74, 6) is 0.839. The van der Waals surface area contributed by atoms with E-state index in [1.807, 2.05) is 38.3 Å². The number of piperazine rings is 1. The van der Waals surface area contributed by atoms with Crippen LogP contribution in [0.1, 0.15) is 25.5 Å². The van der Waals surface area contributed by atoms with Gasteiger partial charge in [-0.25, -0.2) is 0 Å². The van der Waals surface area contributed by atoms with Crippen molar-refractivity contribution in [3.63, 3.8) is 0 Å². The van der Waals surface area contributed by atoms with Crippen LogP contribution in [-0.2, 0) is 4.79 Å². The minimum absolute atomic E-state index is 0.0214. The molecule has 3 aliphatic heterocycles. The van der Waals surface area contributed by atoms with Crippen LogP contribution in [0.15, 0.2) is 53.7 Å². The molecule has 6 nitrogen and oxygen atoms in total. The van der Waals surface area contributed by atoms with E-state index in [1.54, 1.807) is 0 Å². The summed E-state index contributed by atoms with van der Waals surface area (Å²) in [5.41, 5.74) is 2.36. The maximum Gasteiger partial charge on any atom is 0.247 e. The van der Waals surface area contributed by atoms with Crippen molar-refractivity contribution < 1.29 is 4.79 Å². The van der Waals surface area contributed by atoms with Crippen molar-refractivity contribution in [3.8, 4) is 0 Å². The third kappa shape index (κ3) is 3.69. The van der Waals surface area contributed by atoms with Gasteiger partial charge in [0.2, 0.25) is 5.91 Å². The lowest BCUT2D eigenvalue weighted by Gasteiger charge is -2.34.